The van der Waals surface area contributed by atoms with Crippen molar-refractivity contribution in [2.45, 2.75) is 27.2 Å². The Balaban J connectivity index is 1.78. The average molecular weight is 412 g/mol. The molecule has 0 saturated carbocycles. The van der Waals surface area contributed by atoms with Gasteiger partial charge in [-0.15, -0.1) is 0 Å². The fraction of sp³-hybridized carbons (Fsp3) is 0.348. The molecule has 0 aliphatic rings. The summed E-state index contributed by atoms with van der Waals surface area (Å²) in [7, 11) is 0. The lowest BCUT2D eigenvalue weighted by Gasteiger charge is -2.13. The Bertz CT molecular complexity index is 879. The van der Waals surface area contributed by atoms with E-state index in [0.717, 1.165) is 5.56 Å². The molecule has 2 rings (SSSR count). The van der Waals surface area contributed by atoms with Gasteiger partial charge in [0.2, 0.25) is 0 Å². The van der Waals surface area contributed by atoms with Crippen LogP contribution in [0.15, 0.2) is 48.5 Å². The molecule has 0 radical (unpaired) electrons. The summed E-state index contributed by atoms with van der Waals surface area (Å²) in [5.41, 5.74) is 1.69. The topological polar surface area (TPSA) is 93.7 Å². The van der Waals surface area contributed by atoms with Gasteiger partial charge in [-0.25, -0.2) is 0 Å². The smallest absolute Gasteiger partial charge is 0.309 e. The predicted octanol–water partition coefficient (Wildman–Crippen LogP) is 3.33. The molecule has 0 aromatic heterocycles. The zero-order chi connectivity index (χ0) is 21.9. The molecule has 2 amide bonds. The molecule has 0 unspecified atom stereocenters. The molecule has 0 fully saturated rings. The number of nitrogens with one attached hydrogen (secondary N) is 2. The minimum atomic E-state index is -0.540. The third-order valence-corrected chi connectivity index (χ3v) is 4.14. The van der Waals surface area contributed by atoms with E-state index in [1.807, 2.05) is 45.0 Å². The number of amides is 2. The van der Waals surface area contributed by atoms with Gasteiger partial charge in [0.25, 0.3) is 11.8 Å². The minimum absolute atomic E-state index is 0.0236. The van der Waals surface area contributed by atoms with Crippen LogP contribution in [0, 0.1) is 12.8 Å². The van der Waals surface area contributed by atoms with Gasteiger partial charge in [0.1, 0.15) is 5.75 Å². The molecule has 0 bridgehead atoms. The molecule has 0 heterocycles. The van der Waals surface area contributed by atoms with E-state index in [9.17, 15) is 14.4 Å². The highest BCUT2D eigenvalue weighted by Crippen LogP contribution is 2.17. The molecule has 2 aromatic carbocycles. The Morgan fingerprint density at radius 2 is 1.70 bits per heavy atom. The number of rotatable bonds is 10. The minimum Gasteiger partial charge on any atom is -0.493 e. The average Bonchev–Trinajstić information content (AvgIpc) is 2.72. The number of anilines is 1. The molecule has 0 spiro atoms. The van der Waals surface area contributed by atoms with Gasteiger partial charge < -0.3 is 20.1 Å². The van der Waals surface area contributed by atoms with Crippen molar-refractivity contribution in [2.75, 3.05) is 25.1 Å². The van der Waals surface area contributed by atoms with Crippen LogP contribution in [0.4, 0.5) is 5.69 Å². The summed E-state index contributed by atoms with van der Waals surface area (Å²) in [5, 5.41) is 5.43. The summed E-state index contributed by atoms with van der Waals surface area (Å²) in [6.45, 7) is 6.15. The fourth-order valence-corrected chi connectivity index (χ4v) is 2.55. The van der Waals surface area contributed by atoms with Crippen LogP contribution < -0.4 is 15.4 Å². The number of carbonyl (C=O) groups excluding carboxylic acids is 3. The van der Waals surface area contributed by atoms with Gasteiger partial charge in [0.15, 0.2) is 6.61 Å². The summed E-state index contributed by atoms with van der Waals surface area (Å²) >= 11 is 0. The van der Waals surface area contributed by atoms with Crippen molar-refractivity contribution in [3.05, 3.63) is 59.7 Å². The highest BCUT2D eigenvalue weighted by molar-refractivity contribution is 6.04. The number of aryl methyl sites for hydroxylation is 1. The molecule has 30 heavy (non-hydrogen) atoms. The number of carbonyl (C=O) groups is 3. The normalized spacial score (nSPS) is 10.4. The molecule has 0 atom stereocenters. The van der Waals surface area contributed by atoms with Crippen LogP contribution in [-0.4, -0.2) is 37.5 Å². The molecule has 0 aliphatic carbocycles. The largest absolute Gasteiger partial charge is 0.493 e. The molecule has 160 valence electrons. The lowest BCUT2D eigenvalue weighted by Crippen LogP contribution is -2.29. The van der Waals surface area contributed by atoms with Gasteiger partial charge in [-0.3, -0.25) is 14.4 Å². The van der Waals surface area contributed by atoms with Crippen LogP contribution >= 0.6 is 0 Å². The van der Waals surface area contributed by atoms with Crippen LogP contribution in [-0.2, 0) is 14.3 Å². The van der Waals surface area contributed by atoms with E-state index < -0.39 is 18.5 Å². The monoisotopic (exact) mass is 412 g/mol. The zero-order valence-electron chi connectivity index (χ0n) is 17.6. The van der Waals surface area contributed by atoms with Gasteiger partial charge in [0, 0.05) is 6.54 Å². The van der Waals surface area contributed by atoms with E-state index in [1.165, 1.54) is 0 Å². The summed E-state index contributed by atoms with van der Waals surface area (Å²) in [5.74, 6) is -0.320. The molecular formula is C23H28N2O5. The second-order valence-corrected chi connectivity index (χ2v) is 7.22. The SMILES string of the molecule is Cc1ccccc1OCCC(=O)OCC(=O)Nc1ccccc1C(=O)NCC(C)C. The Labute approximate surface area is 176 Å². The number of hydrogen-bond donors (Lipinski definition) is 2. The molecule has 0 aliphatic heterocycles. The van der Waals surface area contributed by atoms with Crippen LogP contribution in [0.2, 0.25) is 0 Å². The quantitative estimate of drug-likeness (QED) is 0.584. The summed E-state index contributed by atoms with van der Waals surface area (Å²) in [4.78, 5) is 36.3. The first kappa shape index (κ1) is 22.9. The second kappa shape index (κ2) is 11.6. The molecule has 2 N–H and O–H groups in total. The van der Waals surface area contributed by atoms with Crippen LogP contribution in [0.1, 0.15) is 36.2 Å². The van der Waals surface area contributed by atoms with E-state index >= 15 is 0 Å². The van der Waals surface area contributed by atoms with Crippen molar-refractivity contribution in [2.24, 2.45) is 5.92 Å². The molecule has 7 nitrogen and oxygen atoms in total. The number of para-hydroxylation sites is 2. The van der Waals surface area contributed by atoms with Crippen molar-refractivity contribution >= 4 is 23.5 Å². The maximum absolute atomic E-state index is 12.3. The maximum Gasteiger partial charge on any atom is 0.309 e. The van der Waals surface area contributed by atoms with Gasteiger partial charge in [-0.2, -0.15) is 0 Å². The van der Waals surface area contributed by atoms with E-state index in [2.05, 4.69) is 10.6 Å². The van der Waals surface area contributed by atoms with Crippen molar-refractivity contribution in [1.29, 1.82) is 0 Å². The van der Waals surface area contributed by atoms with E-state index in [-0.39, 0.29) is 18.9 Å². The first-order valence-electron chi connectivity index (χ1n) is 9.88. The second-order valence-electron chi connectivity index (χ2n) is 7.22. The molecule has 7 heteroatoms. The Kier molecular flexibility index (Phi) is 8.87. The molecule has 2 aromatic rings. The third kappa shape index (κ3) is 7.58. The van der Waals surface area contributed by atoms with Gasteiger partial charge in [-0.05, 0) is 36.6 Å². The van der Waals surface area contributed by atoms with Crippen LogP contribution in [0.25, 0.3) is 0 Å². The number of benzene rings is 2. The summed E-state index contributed by atoms with van der Waals surface area (Å²) in [6.07, 6.45) is 0.0236. The van der Waals surface area contributed by atoms with Gasteiger partial charge >= 0.3 is 5.97 Å². The van der Waals surface area contributed by atoms with Crippen molar-refractivity contribution < 1.29 is 23.9 Å². The fourth-order valence-electron chi connectivity index (χ4n) is 2.55. The summed E-state index contributed by atoms with van der Waals surface area (Å²) in [6, 6.07) is 14.2. The maximum atomic E-state index is 12.3. The van der Waals surface area contributed by atoms with Crippen molar-refractivity contribution in [3.8, 4) is 5.75 Å². The van der Waals surface area contributed by atoms with Gasteiger partial charge in [-0.1, -0.05) is 44.2 Å². The van der Waals surface area contributed by atoms with E-state index in [4.69, 9.17) is 9.47 Å². The lowest BCUT2D eigenvalue weighted by molar-refractivity contribution is -0.147. The van der Waals surface area contributed by atoms with Gasteiger partial charge in [0.05, 0.1) is 24.3 Å². The Morgan fingerprint density at radius 3 is 2.43 bits per heavy atom. The summed E-state index contributed by atoms with van der Waals surface area (Å²) < 4.78 is 10.5. The highest BCUT2D eigenvalue weighted by atomic mass is 16.5. The lowest BCUT2D eigenvalue weighted by atomic mass is 10.1. The predicted molar refractivity (Wildman–Crippen MR) is 114 cm³/mol. The molecular weight excluding hydrogens is 384 g/mol. The Morgan fingerprint density at radius 1 is 1.00 bits per heavy atom. The first-order valence-corrected chi connectivity index (χ1v) is 9.88. The van der Waals surface area contributed by atoms with E-state index in [1.54, 1.807) is 24.3 Å². The Hall–Kier alpha value is -3.35. The number of esters is 1. The molecule has 0 saturated heterocycles. The van der Waals surface area contributed by atoms with Crippen molar-refractivity contribution in [1.82, 2.24) is 5.32 Å². The van der Waals surface area contributed by atoms with Crippen LogP contribution in [0.3, 0.4) is 0 Å². The van der Waals surface area contributed by atoms with Crippen LogP contribution in [0.5, 0.6) is 5.75 Å². The van der Waals surface area contributed by atoms with E-state index in [0.29, 0.717) is 29.5 Å². The number of hydrogen-bond acceptors (Lipinski definition) is 5. The zero-order valence-corrected chi connectivity index (χ0v) is 17.6. The van der Waals surface area contributed by atoms with Crippen molar-refractivity contribution in [3.63, 3.8) is 0 Å². The third-order valence-electron chi connectivity index (χ3n) is 4.14. The first-order chi connectivity index (χ1) is 14.4. The standard InChI is InChI=1S/C23H28N2O5/c1-16(2)14-24-23(28)18-9-5-6-10-19(18)25-21(26)15-30-22(27)12-13-29-20-11-7-4-8-17(20)3/h4-11,16H,12-15H2,1-3H3,(H,24,28)(H,25,26). The number of ether oxygens (including phenoxy) is 2. The highest BCUT2D eigenvalue weighted by Gasteiger charge is 2.14.